The molecule has 0 heterocycles. The molecule has 0 atom stereocenters. The van der Waals surface area contributed by atoms with E-state index < -0.39 is 0 Å². The Labute approximate surface area is 102 Å². The van der Waals surface area contributed by atoms with Gasteiger partial charge in [-0.2, -0.15) is 0 Å². The summed E-state index contributed by atoms with van der Waals surface area (Å²) >= 11 is 11.3. The molecule has 0 amide bonds. The number of alkyl halides is 1. The van der Waals surface area contributed by atoms with E-state index in [1.54, 1.807) is 7.11 Å². The summed E-state index contributed by atoms with van der Waals surface area (Å²) in [6, 6.07) is 7.55. The molecule has 0 aromatic heterocycles. The lowest BCUT2D eigenvalue weighted by atomic mass is 10.2. The van der Waals surface area contributed by atoms with Crippen LogP contribution in [0.1, 0.15) is 26.3 Å². The summed E-state index contributed by atoms with van der Waals surface area (Å²) in [6.07, 6.45) is 0. The zero-order valence-electron chi connectivity index (χ0n) is 9.68. The van der Waals surface area contributed by atoms with Crippen LogP contribution in [0, 0.1) is 0 Å². The number of halogens is 2. The van der Waals surface area contributed by atoms with Crippen LogP contribution in [-0.4, -0.2) is 12.7 Å². The first kappa shape index (κ1) is 14.8. The minimum Gasteiger partial charge on any atom is -0.379 e. The Kier molecular flexibility index (Phi) is 6.99. The van der Waals surface area contributed by atoms with Gasteiger partial charge in [-0.1, -0.05) is 29.8 Å². The van der Waals surface area contributed by atoms with Gasteiger partial charge in [0.25, 0.3) is 0 Å². The molecule has 0 N–H and O–H groups in total. The molecule has 0 radical (unpaired) electrons. The predicted octanol–water partition coefficient (Wildman–Crippen LogP) is 4.51. The van der Waals surface area contributed by atoms with Gasteiger partial charge in [0.2, 0.25) is 0 Å². The smallest absolute Gasteiger partial charge is 0.0594 e. The zero-order valence-corrected chi connectivity index (χ0v) is 11.2. The Hall–Kier alpha value is -0.240. The van der Waals surface area contributed by atoms with Crippen LogP contribution in [0.3, 0.4) is 0 Å². The van der Waals surface area contributed by atoms with Crippen LogP contribution in [0.2, 0.25) is 5.02 Å². The second-order valence-electron chi connectivity index (χ2n) is 4.04. The number of ether oxygens (including phenoxy) is 1. The van der Waals surface area contributed by atoms with Crippen molar-refractivity contribution in [3.8, 4) is 0 Å². The lowest BCUT2D eigenvalue weighted by molar-refractivity contribution is 0.0397. The number of benzene rings is 1. The molecule has 0 aliphatic rings. The molecule has 0 bridgehead atoms. The van der Waals surface area contributed by atoms with E-state index in [-0.39, 0.29) is 5.60 Å². The Bertz CT molecular complexity index is 279. The van der Waals surface area contributed by atoms with Gasteiger partial charge < -0.3 is 4.74 Å². The van der Waals surface area contributed by atoms with Crippen LogP contribution in [0.5, 0.6) is 0 Å². The molecule has 0 unspecified atom stereocenters. The molecule has 1 rings (SSSR count). The van der Waals surface area contributed by atoms with Crippen molar-refractivity contribution in [3.63, 3.8) is 0 Å². The third-order valence-corrected chi connectivity index (χ3v) is 2.37. The highest BCUT2D eigenvalue weighted by Crippen LogP contribution is 2.15. The Morgan fingerprint density at radius 1 is 1.20 bits per heavy atom. The minimum absolute atomic E-state index is 0.0417. The van der Waals surface area contributed by atoms with E-state index in [0.29, 0.717) is 5.88 Å². The molecule has 0 aliphatic heterocycles. The first-order chi connectivity index (χ1) is 6.90. The Morgan fingerprint density at radius 3 is 1.93 bits per heavy atom. The Morgan fingerprint density at radius 2 is 1.67 bits per heavy atom. The molecule has 1 aromatic carbocycles. The summed E-state index contributed by atoms with van der Waals surface area (Å²) in [6.45, 7) is 6.06. The van der Waals surface area contributed by atoms with Crippen LogP contribution in [0.4, 0.5) is 0 Å². The van der Waals surface area contributed by atoms with E-state index in [0.717, 1.165) is 10.6 Å². The van der Waals surface area contributed by atoms with E-state index >= 15 is 0 Å². The molecule has 1 aromatic rings. The van der Waals surface area contributed by atoms with Gasteiger partial charge in [-0.25, -0.2) is 0 Å². The number of hydrogen-bond donors (Lipinski definition) is 0. The molecule has 0 spiro atoms. The first-order valence-corrected chi connectivity index (χ1v) is 5.66. The van der Waals surface area contributed by atoms with Gasteiger partial charge in [-0.05, 0) is 32.4 Å². The van der Waals surface area contributed by atoms with E-state index in [4.69, 9.17) is 27.9 Å². The maximum Gasteiger partial charge on any atom is 0.0594 e. The highest BCUT2D eigenvalue weighted by atomic mass is 35.5. The lowest BCUT2D eigenvalue weighted by Gasteiger charge is -2.14. The van der Waals surface area contributed by atoms with Gasteiger partial charge in [-0.15, -0.1) is 11.6 Å². The summed E-state index contributed by atoms with van der Waals surface area (Å²) in [7, 11) is 1.71. The summed E-state index contributed by atoms with van der Waals surface area (Å²) in [5, 5.41) is 0.743. The third kappa shape index (κ3) is 7.66. The number of hydrogen-bond acceptors (Lipinski definition) is 1. The van der Waals surface area contributed by atoms with Gasteiger partial charge in [0.05, 0.1) is 5.60 Å². The average Bonchev–Trinajstić information content (AvgIpc) is 2.18. The van der Waals surface area contributed by atoms with Gasteiger partial charge in [0.1, 0.15) is 0 Å². The van der Waals surface area contributed by atoms with Crippen LogP contribution in [0.15, 0.2) is 24.3 Å². The minimum atomic E-state index is 0.0417. The summed E-state index contributed by atoms with van der Waals surface area (Å²) in [5.74, 6) is 0.486. The normalized spacial score (nSPS) is 10.5. The molecule has 0 aliphatic carbocycles. The summed E-state index contributed by atoms with van der Waals surface area (Å²) in [5.41, 5.74) is 1.03. The number of methoxy groups -OCH3 is 1. The number of rotatable bonds is 1. The van der Waals surface area contributed by atoms with Gasteiger partial charge in [0, 0.05) is 18.0 Å². The van der Waals surface area contributed by atoms with E-state index in [9.17, 15) is 0 Å². The SMILES string of the molecule is COC(C)(C)C.ClCc1ccccc1Cl. The standard InChI is InChI=1S/C7H6Cl2.C5H12O/c8-5-6-3-1-2-4-7(6)9;1-5(2,3)6-4/h1-4H,5H2;1-4H3. The van der Waals surface area contributed by atoms with Crippen LogP contribution in [-0.2, 0) is 10.6 Å². The third-order valence-electron chi connectivity index (χ3n) is 1.71. The van der Waals surface area contributed by atoms with Gasteiger partial charge >= 0.3 is 0 Å². The molecule has 3 heteroatoms. The fourth-order valence-corrected chi connectivity index (χ4v) is 1.11. The zero-order chi connectivity index (χ0) is 11.9. The second-order valence-corrected chi connectivity index (χ2v) is 4.72. The van der Waals surface area contributed by atoms with Crippen molar-refractivity contribution in [2.24, 2.45) is 0 Å². The molecule has 1 nitrogen and oxygen atoms in total. The molecule has 0 fully saturated rings. The highest BCUT2D eigenvalue weighted by molar-refractivity contribution is 6.32. The van der Waals surface area contributed by atoms with E-state index in [1.807, 2.05) is 45.0 Å². The van der Waals surface area contributed by atoms with Crippen LogP contribution in [0.25, 0.3) is 0 Å². The average molecular weight is 249 g/mol. The first-order valence-electron chi connectivity index (χ1n) is 4.75. The van der Waals surface area contributed by atoms with E-state index in [1.165, 1.54) is 0 Å². The monoisotopic (exact) mass is 248 g/mol. The highest BCUT2D eigenvalue weighted by Gasteiger charge is 2.04. The van der Waals surface area contributed by atoms with Crippen molar-refractivity contribution < 1.29 is 4.74 Å². The van der Waals surface area contributed by atoms with Crippen molar-refractivity contribution in [3.05, 3.63) is 34.9 Å². The van der Waals surface area contributed by atoms with Crippen LogP contribution < -0.4 is 0 Å². The van der Waals surface area contributed by atoms with E-state index in [2.05, 4.69) is 0 Å². The van der Waals surface area contributed by atoms with Crippen molar-refractivity contribution in [1.29, 1.82) is 0 Å². The van der Waals surface area contributed by atoms with Crippen LogP contribution >= 0.6 is 23.2 Å². The molecular weight excluding hydrogens is 231 g/mol. The Balaban J connectivity index is 0.000000288. The largest absolute Gasteiger partial charge is 0.379 e. The fraction of sp³-hybridized carbons (Fsp3) is 0.500. The van der Waals surface area contributed by atoms with Crippen molar-refractivity contribution in [1.82, 2.24) is 0 Å². The summed E-state index contributed by atoms with van der Waals surface area (Å²) < 4.78 is 4.94. The molecule has 0 saturated carbocycles. The van der Waals surface area contributed by atoms with Gasteiger partial charge in [0.15, 0.2) is 0 Å². The molecule has 86 valence electrons. The molecular formula is C12H18Cl2O. The van der Waals surface area contributed by atoms with Gasteiger partial charge in [-0.3, -0.25) is 0 Å². The lowest BCUT2D eigenvalue weighted by Crippen LogP contribution is -2.15. The summed E-state index contributed by atoms with van der Waals surface area (Å²) in [4.78, 5) is 0. The van der Waals surface area contributed by atoms with Crippen molar-refractivity contribution in [2.45, 2.75) is 32.3 Å². The molecule has 15 heavy (non-hydrogen) atoms. The quantitative estimate of drug-likeness (QED) is 0.665. The second kappa shape index (κ2) is 7.10. The topological polar surface area (TPSA) is 9.23 Å². The maximum absolute atomic E-state index is 5.74. The van der Waals surface area contributed by atoms with Crippen molar-refractivity contribution in [2.75, 3.05) is 7.11 Å². The fourth-order valence-electron chi connectivity index (χ4n) is 0.607. The predicted molar refractivity (Wildman–Crippen MR) is 67.8 cm³/mol. The maximum atomic E-state index is 5.74. The molecule has 0 saturated heterocycles. The van der Waals surface area contributed by atoms with Crippen molar-refractivity contribution >= 4 is 23.2 Å².